The van der Waals surface area contributed by atoms with Crippen LogP contribution in [0.3, 0.4) is 0 Å². The van der Waals surface area contributed by atoms with Gasteiger partial charge in [0.05, 0.1) is 21.8 Å². The summed E-state index contributed by atoms with van der Waals surface area (Å²) in [5.41, 5.74) is 5.89. The first-order chi connectivity index (χ1) is 14.5. The van der Waals surface area contributed by atoms with Gasteiger partial charge in [0.15, 0.2) is 0 Å². The van der Waals surface area contributed by atoms with E-state index in [-0.39, 0.29) is 5.91 Å². The number of benzene rings is 3. The molecule has 0 saturated carbocycles. The Labute approximate surface area is 189 Å². The van der Waals surface area contributed by atoms with Crippen molar-refractivity contribution in [2.45, 2.75) is 20.3 Å². The van der Waals surface area contributed by atoms with Gasteiger partial charge in [0.25, 0.3) is 5.91 Å². The van der Waals surface area contributed by atoms with Crippen molar-refractivity contribution in [3.63, 3.8) is 0 Å². The predicted molar refractivity (Wildman–Crippen MR) is 128 cm³/mol. The van der Waals surface area contributed by atoms with Crippen LogP contribution in [0.1, 0.15) is 28.4 Å². The lowest BCUT2D eigenvalue weighted by Crippen LogP contribution is -2.14. The maximum Gasteiger partial charge on any atom is 0.256 e. The van der Waals surface area contributed by atoms with Crippen LogP contribution in [0.15, 0.2) is 71.2 Å². The number of aryl methyl sites for hydroxylation is 2. The van der Waals surface area contributed by atoms with E-state index in [9.17, 15) is 4.79 Å². The molecular weight excluding hydrogens is 460 g/mol. The molecule has 0 bridgehead atoms. The Kier molecular flexibility index (Phi) is 5.89. The second-order valence-electron chi connectivity index (χ2n) is 7.16. The molecule has 0 aliphatic heterocycles. The number of hydrogen-bond acceptors (Lipinski definition) is 2. The third-order valence-corrected chi connectivity index (χ3v) is 6.31. The van der Waals surface area contributed by atoms with Crippen molar-refractivity contribution in [3.05, 3.63) is 92.9 Å². The molecule has 0 aliphatic rings. The molecule has 0 atom stereocenters. The number of carbonyl (C=O) groups excluding carboxylic acids is 1. The molecule has 1 amide bonds. The zero-order chi connectivity index (χ0) is 21.3. The van der Waals surface area contributed by atoms with Crippen molar-refractivity contribution in [3.8, 4) is 11.3 Å². The minimum absolute atomic E-state index is 0.186. The van der Waals surface area contributed by atoms with E-state index in [4.69, 9.17) is 16.6 Å². The molecule has 0 aliphatic carbocycles. The van der Waals surface area contributed by atoms with Crippen molar-refractivity contribution >= 4 is 50.0 Å². The Morgan fingerprint density at radius 3 is 2.57 bits per heavy atom. The average molecular weight is 480 g/mol. The summed E-state index contributed by atoms with van der Waals surface area (Å²) in [5, 5.41) is 4.42. The monoisotopic (exact) mass is 478 g/mol. The van der Waals surface area contributed by atoms with E-state index in [2.05, 4.69) is 34.2 Å². The maximum atomic E-state index is 13.4. The zero-order valence-electron chi connectivity index (χ0n) is 16.7. The lowest BCUT2D eigenvalue weighted by molar-refractivity contribution is 0.102. The molecule has 1 N–H and O–H groups in total. The standard InChI is InChI=1S/C25H20BrClN2O/c1-3-16-9-10-22-18(12-16)19(13-24(28-22)17-7-5-4-6-8-17)25(30)29-23-14-21(27)20(26)11-15(23)2/h4-14H,3H2,1-2H3,(H,29,30). The van der Waals surface area contributed by atoms with Crippen LogP contribution in [0.25, 0.3) is 22.2 Å². The Morgan fingerprint density at radius 2 is 1.83 bits per heavy atom. The fourth-order valence-electron chi connectivity index (χ4n) is 3.41. The molecule has 3 nitrogen and oxygen atoms in total. The SMILES string of the molecule is CCc1ccc2nc(-c3ccccc3)cc(C(=O)Nc3cc(Cl)c(Br)cc3C)c2c1. The van der Waals surface area contributed by atoms with Crippen LogP contribution in [-0.4, -0.2) is 10.9 Å². The number of amides is 1. The van der Waals surface area contributed by atoms with Crippen molar-refractivity contribution in [1.82, 2.24) is 4.98 Å². The normalized spacial score (nSPS) is 10.9. The Balaban J connectivity index is 1.85. The van der Waals surface area contributed by atoms with Gasteiger partial charge >= 0.3 is 0 Å². The molecule has 0 unspecified atom stereocenters. The Hall–Kier alpha value is -2.69. The summed E-state index contributed by atoms with van der Waals surface area (Å²) in [6.45, 7) is 4.03. The summed E-state index contributed by atoms with van der Waals surface area (Å²) in [4.78, 5) is 18.2. The van der Waals surface area contributed by atoms with Crippen LogP contribution in [0.5, 0.6) is 0 Å². The predicted octanol–water partition coefficient (Wildman–Crippen LogP) is 7.44. The van der Waals surface area contributed by atoms with E-state index >= 15 is 0 Å². The number of carbonyl (C=O) groups is 1. The highest BCUT2D eigenvalue weighted by Crippen LogP contribution is 2.31. The smallest absolute Gasteiger partial charge is 0.256 e. The van der Waals surface area contributed by atoms with Crippen LogP contribution >= 0.6 is 27.5 Å². The van der Waals surface area contributed by atoms with Gasteiger partial charge in [-0.15, -0.1) is 0 Å². The fraction of sp³-hybridized carbons (Fsp3) is 0.120. The van der Waals surface area contributed by atoms with Crippen molar-refractivity contribution in [1.29, 1.82) is 0 Å². The van der Waals surface area contributed by atoms with Gasteiger partial charge in [0.1, 0.15) is 0 Å². The number of pyridine rings is 1. The van der Waals surface area contributed by atoms with Crippen LogP contribution < -0.4 is 5.32 Å². The molecule has 150 valence electrons. The van der Waals surface area contributed by atoms with Gasteiger partial charge in [-0.1, -0.05) is 54.9 Å². The summed E-state index contributed by atoms with van der Waals surface area (Å²) in [6.07, 6.45) is 0.888. The van der Waals surface area contributed by atoms with E-state index in [0.29, 0.717) is 16.3 Å². The highest BCUT2D eigenvalue weighted by molar-refractivity contribution is 9.10. The Morgan fingerprint density at radius 1 is 1.07 bits per heavy atom. The summed E-state index contributed by atoms with van der Waals surface area (Å²) in [7, 11) is 0. The number of rotatable bonds is 4. The highest BCUT2D eigenvalue weighted by Gasteiger charge is 2.16. The van der Waals surface area contributed by atoms with Crippen LogP contribution in [0.4, 0.5) is 5.69 Å². The molecule has 0 spiro atoms. The van der Waals surface area contributed by atoms with Gasteiger partial charge in [-0.05, 0) is 70.7 Å². The summed E-state index contributed by atoms with van der Waals surface area (Å²) in [6, 6.07) is 21.5. The number of halogens is 2. The first kappa shape index (κ1) is 20.6. The number of nitrogens with one attached hydrogen (secondary N) is 1. The maximum absolute atomic E-state index is 13.4. The van der Waals surface area contributed by atoms with Crippen LogP contribution in [0, 0.1) is 6.92 Å². The Bertz CT molecular complexity index is 1260. The number of aromatic nitrogens is 1. The second kappa shape index (κ2) is 8.58. The van der Waals surface area contributed by atoms with E-state index in [1.807, 2.05) is 61.5 Å². The molecule has 4 aromatic rings. The van der Waals surface area contributed by atoms with Crippen molar-refractivity contribution < 1.29 is 4.79 Å². The average Bonchev–Trinajstić information content (AvgIpc) is 2.76. The minimum Gasteiger partial charge on any atom is -0.322 e. The van der Waals surface area contributed by atoms with Gasteiger partial charge in [0.2, 0.25) is 0 Å². The van der Waals surface area contributed by atoms with E-state index in [1.54, 1.807) is 6.07 Å². The quantitative estimate of drug-likeness (QED) is 0.330. The molecule has 5 heteroatoms. The van der Waals surface area contributed by atoms with Crippen molar-refractivity contribution in [2.24, 2.45) is 0 Å². The first-order valence-electron chi connectivity index (χ1n) is 9.72. The van der Waals surface area contributed by atoms with Gasteiger partial charge in [-0.25, -0.2) is 4.98 Å². The third kappa shape index (κ3) is 4.11. The molecule has 0 fully saturated rings. The van der Waals surface area contributed by atoms with Crippen LogP contribution in [-0.2, 0) is 6.42 Å². The number of anilines is 1. The largest absolute Gasteiger partial charge is 0.322 e. The summed E-state index contributed by atoms with van der Waals surface area (Å²) in [5.74, 6) is -0.186. The minimum atomic E-state index is -0.186. The summed E-state index contributed by atoms with van der Waals surface area (Å²) < 4.78 is 0.799. The number of fused-ring (bicyclic) bond motifs is 1. The van der Waals surface area contributed by atoms with Gasteiger partial charge < -0.3 is 5.32 Å². The first-order valence-corrected chi connectivity index (χ1v) is 10.9. The number of nitrogens with zero attached hydrogens (tertiary/aromatic N) is 1. The fourth-order valence-corrected chi connectivity index (χ4v) is 4.03. The molecule has 4 rings (SSSR count). The highest BCUT2D eigenvalue weighted by atomic mass is 79.9. The van der Waals surface area contributed by atoms with E-state index in [1.165, 1.54) is 0 Å². The molecule has 1 aromatic heterocycles. The van der Waals surface area contributed by atoms with Gasteiger partial charge in [-0.3, -0.25) is 4.79 Å². The molecule has 3 aromatic carbocycles. The second-order valence-corrected chi connectivity index (χ2v) is 8.42. The molecule has 30 heavy (non-hydrogen) atoms. The van der Waals surface area contributed by atoms with Crippen molar-refractivity contribution in [2.75, 3.05) is 5.32 Å². The molecule has 0 radical (unpaired) electrons. The van der Waals surface area contributed by atoms with Gasteiger partial charge in [-0.2, -0.15) is 0 Å². The number of hydrogen-bond donors (Lipinski definition) is 1. The van der Waals surface area contributed by atoms with Crippen LogP contribution in [0.2, 0.25) is 5.02 Å². The molecular formula is C25H20BrClN2O. The zero-order valence-corrected chi connectivity index (χ0v) is 19.0. The third-order valence-electron chi connectivity index (χ3n) is 5.11. The van der Waals surface area contributed by atoms with E-state index in [0.717, 1.165) is 44.2 Å². The molecule has 1 heterocycles. The van der Waals surface area contributed by atoms with Gasteiger partial charge in [0, 0.05) is 21.1 Å². The van der Waals surface area contributed by atoms with E-state index < -0.39 is 0 Å². The lowest BCUT2D eigenvalue weighted by atomic mass is 10.0. The lowest BCUT2D eigenvalue weighted by Gasteiger charge is -2.13. The summed E-state index contributed by atoms with van der Waals surface area (Å²) >= 11 is 9.67. The molecule has 0 saturated heterocycles. The topological polar surface area (TPSA) is 42.0 Å².